The van der Waals surface area contributed by atoms with Crippen LogP contribution in [0.4, 0.5) is 0 Å². The SMILES string of the molecule is Clc1cccc(Cl)c1SCC1CCNCC1. The highest BCUT2D eigenvalue weighted by Gasteiger charge is 2.14. The van der Waals surface area contributed by atoms with Crippen LogP contribution in [0.2, 0.25) is 10.0 Å². The van der Waals surface area contributed by atoms with Gasteiger partial charge in [0.25, 0.3) is 0 Å². The fraction of sp³-hybridized carbons (Fsp3) is 0.500. The van der Waals surface area contributed by atoms with Crippen LogP contribution in [0.5, 0.6) is 0 Å². The summed E-state index contributed by atoms with van der Waals surface area (Å²) < 4.78 is 0. The van der Waals surface area contributed by atoms with Crippen molar-refractivity contribution >= 4 is 35.0 Å². The molecule has 0 amide bonds. The molecule has 1 nitrogen and oxygen atoms in total. The summed E-state index contributed by atoms with van der Waals surface area (Å²) in [5.74, 6) is 1.91. The van der Waals surface area contributed by atoms with Crippen LogP contribution in [0.3, 0.4) is 0 Å². The normalized spacial score (nSPS) is 17.6. The second-order valence-corrected chi connectivity index (χ2v) is 5.90. The fourth-order valence-electron chi connectivity index (χ4n) is 1.87. The first-order valence-electron chi connectivity index (χ1n) is 5.55. The highest BCUT2D eigenvalue weighted by atomic mass is 35.5. The first-order chi connectivity index (χ1) is 7.77. The third kappa shape index (κ3) is 3.30. The molecule has 1 aromatic carbocycles. The van der Waals surface area contributed by atoms with Gasteiger partial charge in [-0.15, -0.1) is 11.8 Å². The molecule has 1 aliphatic rings. The summed E-state index contributed by atoms with van der Waals surface area (Å²) in [4.78, 5) is 1.03. The van der Waals surface area contributed by atoms with E-state index < -0.39 is 0 Å². The maximum absolute atomic E-state index is 6.13. The molecule has 4 heteroatoms. The molecule has 88 valence electrons. The van der Waals surface area contributed by atoms with Gasteiger partial charge < -0.3 is 5.32 Å². The van der Waals surface area contributed by atoms with Gasteiger partial charge in [-0.25, -0.2) is 0 Å². The molecule has 0 aromatic heterocycles. The largest absolute Gasteiger partial charge is 0.317 e. The molecular weight excluding hydrogens is 261 g/mol. The van der Waals surface area contributed by atoms with Crippen LogP contribution in [0.1, 0.15) is 12.8 Å². The topological polar surface area (TPSA) is 12.0 Å². The predicted octanol–water partition coefficient (Wildman–Crippen LogP) is 4.09. The zero-order valence-corrected chi connectivity index (χ0v) is 11.3. The fourth-order valence-corrected chi connectivity index (χ4v) is 3.74. The molecule has 1 aromatic rings. The van der Waals surface area contributed by atoms with E-state index in [0.29, 0.717) is 0 Å². The quantitative estimate of drug-likeness (QED) is 0.835. The number of hydrogen-bond donors (Lipinski definition) is 1. The van der Waals surface area contributed by atoms with Crippen molar-refractivity contribution < 1.29 is 0 Å². The first kappa shape index (κ1) is 12.6. The number of thioether (sulfide) groups is 1. The maximum atomic E-state index is 6.13. The molecule has 0 saturated carbocycles. The van der Waals surface area contributed by atoms with Crippen molar-refractivity contribution in [3.8, 4) is 0 Å². The summed E-state index contributed by atoms with van der Waals surface area (Å²) in [6.07, 6.45) is 2.52. The lowest BCUT2D eigenvalue weighted by Crippen LogP contribution is -2.28. The van der Waals surface area contributed by atoms with Gasteiger partial charge in [0.2, 0.25) is 0 Å². The molecule has 1 aliphatic heterocycles. The molecule has 0 bridgehead atoms. The average molecular weight is 276 g/mol. The summed E-state index contributed by atoms with van der Waals surface area (Å²) in [6, 6.07) is 5.69. The number of nitrogens with one attached hydrogen (secondary N) is 1. The first-order valence-corrected chi connectivity index (χ1v) is 7.29. The Morgan fingerprint density at radius 2 is 1.81 bits per heavy atom. The number of halogens is 2. The Bertz CT molecular complexity index is 331. The van der Waals surface area contributed by atoms with Gasteiger partial charge in [-0.3, -0.25) is 0 Å². The maximum Gasteiger partial charge on any atom is 0.0556 e. The van der Waals surface area contributed by atoms with Crippen LogP contribution in [-0.2, 0) is 0 Å². The monoisotopic (exact) mass is 275 g/mol. The van der Waals surface area contributed by atoms with Gasteiger partial charge in [0, 0.05) is 10.6 Å². The smallest absolute Gasteiger partial charge is 0.0556 e. The Kier molecular flexibility index (Phi) is 4.83. The Morgan fingerprint density at radius 1 is 1.19 bits per heavy atom. The molecule has 2 rings (SSSR count). The van der Waals surface area contributed by atoms with Gasteiger partial charge in [-0.1, -0.05) is 29.3 Å². The summed E-state index contributed by atoms with van der Waals surface area (Å²) >= 11 is 14.0. The molecule has 1 N–H and O–H groups in total. The van der Waals surface area contributed by atoms with Crippen LogP contribution in [0.15, 0.2) is 23.1 Å². The van der Waals surface area contributed by atoms with Crippen molar-refractivity contribution in [2.24, 2.45) is 5.92 Å². The summed E-state index contributed by atoms with van der Waals surface area (Å²) in [7, 11) is 0. The van der Waals surface area contributed by atoms with Crippen molar-refractivity contribution in [1.82, 2.24) is 5.32 Å². The zero-order valence-electron chi connectivity index (χ0n) is 9.01. The van der Waals surface area contributed by atoms with Crippen LogP contribution in [-0.4, -0.2) is 18.8 Å². The van der Waals surface area contributed by atoms with Crippen molar-refractivity contribution in [3.05, 3.63) is 28.2 Å². The van der Waals surface area contributed by atoms with Crippen molar-refractivity contribution in [1.29, 1.82) is 0 Å². The molecule has 0 spiro atoms. The molecule has 0 radical (unpaired) electrons. The van der Waals surface area contributed by atoms with E-state index in [9.17, 15) is 0 Å². The number of rotatable bonds is 3. The minimum Gasteiger partial charge on any atom is -0.317 e. The lowest BCUT2D eigenvalue weighted by Gasteiger charge is -2.22. The molecule has 16 heavy (non-hydrogen) atoms. The molecular formula is C12H15Cl2NS. The highest BCUT2D eigenvalue weighted by molar-refractivity contribution is 7.99. The Labute approximate surface area is 111 Å². The van der Waals surface area contributed by atoms with Crippen molar-refractivity contribution in [2.45, 2.75) is 17.7 Å². The van der Waals surface area contributed by atoms with Gasteiger partial charge >= 0.3 is 0 Å². The molecule has 1 fully saturated rings. The molecule has 1 saturated heterocycles. The molecule has 0 unspecified atom stereocenters. The van der Waals surface area contributed by atoms with E-state index in [0.717, 1.165) is 39.7 Å². The Hall–Kier alpha value is 0.110. The number of hydrogen-bond acceptors (Lipinski definition) is 2. The van der Waals surface area contributed by atoms with Crippen LogP contribution < -0.4 is 5.32 Å². The predicted molar refractivity (Wildman–Crippen MR) is 72.8 cm³/mol. The van der Waals surface area contributed by atoms with Gasteiger partial charge in [-0.05, 0) is 44.0 Å². The van der Waals surface area contributed by atoms with Gasteiger partial charge in [-0.2, -0.15) is 0 Å². The standard InChI is InChI=1S/C12H15Cl2NS/c13-10-2-1-3-11(14)12(10)16-8-9-4-6-15-7-5-9/h1-3,9,15H,4-8H2. The molecule has 1 heterocycles. The molecule has 0 aliphatic carbocycles. The van der Waals surface area contributed by atoms with E-state index in [4.69, 9.17) is 23.2 Å². The summed E-state index contributed by atoms with van der Waals surface area (Å²) in [6.45, 7) is 2.28. The lowest BCUT2D eigenvalue weighted by atomic mass is 10.0. The third-order valence-electron chi connectivity index (χ3n) is 2.84. The number of benzene rings is 1. The van der Waals surface area contributed by atoms with E-state index in [-0.39, 0.29) is 0 Å². The zero-order chi connectivity index (χ0) is 11.4. The minimum absolute atomic E-state index is 0.770. The van der Waals surface area contributed by atoms with E-state index in [1.165, 1.54) is 12.8 Å². The van der Waals surface area contributed by atoms with E-state index in [1.807, 2.05) is 18.2 Å². The van der Waals surface area contributed by atoms with Gasteiger partial charge in [0.15, 0.2) is 0 Å². The lowest BCUT2D eigenvalue weighted by molar-refractivity contribution is 0.408. The van der Waals surface area contributed by atoms with Crippen LogP contribution >= 0.6 is 35.0 Å². The summed E-state index contributed by atoms with van der Waals surface area (Å²) in [5, 5.41) is 4.91. The Morgan fingerprint density at radius 3 is 2.44 bits per heavy atom. The second kappa shape index (κ2) is 6.15. The van der Waals surface area contributed by atoms with Crippen molar-refractivity contribution in [3.63, 3.8) is 0 Å². The summed E-state index contributed by atoms with van der Waals surface area (Å²) in [5.41, 5.74) is 0. The average Bonchev–Trinajstić information content (AvgIpc) is 2.30. The Balaban J connectivity index is 1.93. The van der Waals surface area contributed by atoms with E-state index in [2.05, 4.69) is 5.32 Å². The van der Waals surface area contributed by atoms with E-state index in [1.54, 1.807) is 11.8 Å². The van der Waals surface area contributed by atoms with Crippen LogP contribution in [0.25, 0.3) is 0 Å². The van der Waals surface area contributed by atoms with Gasteiger partial charge in [0.1, 0.15) is 0 Å². The second-order valence-electron chi connectivity index (χ2n) is 4.06. The molecule has 0 atom stereocenters. The highest BCUT2D eigenvalue weighted by Crippen LogP contribution is 2.35. The van der Waals surface area contributed by atoms with Crippen molar-refractivity contribution in [2.75, 3.05) is 18.8 Å². The minimum atomic E-state index is 0.770. The van der Waals surface area contributed by atoms with Gasteiger partial charge in [0.05, 0.1) is 10.0 Å². The third-order valence-corrected chi connectivity index (χ3v) is 5.06. The number of piperidine rings is 1. The van der Waals surface area contributed by atoms with E-state index >= 15 is 0 Å². The van der Waals surface area contributed by atoms with Crippen LogP contribution in [0, 0.1) is 5.92 Å².